The van der Waals surface area contributed by atoms with Gasteiger partial charge in [0.05, 0.1) is 24.1 Å². The van der Waals surface area contributed by atoms with Crippen molar-refractivity contribution in [2.45, 2.75) is 30.9 Å². The zero-order chi connectivity index (χ0) is 23.8. The SMILES string of the molecule is Cn1cnc(-c2cccc(F)c2-c2nc3cc(C(=O)NC45COC(C)(C4)C5)ccn3c2Cl)c1Cl. The van der Waals surface area contributed by atoms with Crippen LogP contribution in [0.15, 0.2) is 42.9 Å². The molecule has 34 heavy (non-hydrogen) atoms. The highest BCUT2D eigenvalue weighted by Crippen LogP contribution is 2.51. The molecular weight excluding hydrogens is 480 g/mol. The Morgan fingerprint density at radius 1 is 1.21 bits per heavy atom. The second kappa shape index (κ2) is 7.28. The Morgan fingerprint density at radius 2 is 2.00 bits per heavy atom. The third-order valence-electron chi connectivity index (χ3n) is 6.70. The molecule has 0 radical (unpaired) electrons. The molecule has 1 aromatic carbocycles. The molecule has 7 rings (SSSR count). The Bertz CT molecular complexity index is 1490. The number of aromatic nitrogens is 4. The summed E-state index contributed by atoms with van der Waals surface area (Å²) in [4.78, 5) is 21.9. The van der Waals surface area contributed by atoms with Gasteiger partial charge in [-0.2, -0.15) is 0 Å². The molecule has 2 aliphatic heterocycles. The fraction of sp³-hybridized carbons (Fsp3) is 0.292. The molecule has 174 valence electrons. The van der Waals surface area contributed by atoms with Crippen LogP contribution in [0.4, 0.5) is 4.39 Å². The molecule has 0 atom stereocenters. The number of pyridine rings is 1. The number of hydrogen-bond acceptors (Lipinski definition) is 4. The van der Waals surface area contributed by atoms with Crippen LogP contribution in [0, 0.1) is 5.82 Å². The average molecular weight is 500 g/mol. The van der Waals surface area contributed by atoms with Crippen LogP contribution in [0.2, 0.25) is 10.3 Å². The Labute approximate surface area is 204 Å². The van der Waals surface area contributed by atoms with E-state index in [1.165, 1.54) is 6.07 Å². The van der Waals surface area contributed by atoms with Gasteiger partial charge in [-0.25, -0.2) is 14.4 Å². The first-order valence-corrected chi connectivity index (χ1v) is 11.5. The number of halogens is 3. The molecule has 4 aromatic rings. The van der Waals surface area contributed by atoms with Gasteiger partial charge in [-0.05, 0) is 25.1 Å². The molecule has 2 bridgehead atoms. The van der Waals surface area contributed by atoms with Crippen molar-refractivity contribution >= 4 is 34.8 Å². The Morgan fingerprint density at radius 3 is 2.68 bits per heavy atom. The number of amides is 1. The van der Waals surface area contributed by atoms with Crippen molar-refractivity contribution in [2.24, 2.45) is 7.05 Å². The first-order valence-electron chi connectivity index (χ1n) is 10.8. The lowest BCUT2D eigenvalue weighted by molar-refractivity contribution is 0.0127. The Kier molecular flexibility index (Phi) is 4.62. The lowest BCUT2D eigenvalue weighted by atomic mass is 9.69. The van der Waals surface area contributed by atoms with Crippen LogP contribution < -0.4 is 5.32 Å². The van der Waals surface area contributed by atoms with Crippen molar-refractivity contribution in [1.82, 2.24) is 24.3 Å². The summed E-state index contributed by atoms with van der Waals surface area (Å²) in [5.41, 5.74) is 1.77. The highest BCUT2D eigenvalue weighted by atomic mass is 35.5. The first-order chi connectivity index (χ1) is 16.2. The van der Waals surface area contributed by atoms with Gasteiger partial charge in [0.2, 0.25) is 0 Å². The summed E-state index contributed by atoms with van der Waals surface area (Å²) in [5.74, 6) is -0.710. The largest absolute Gasteiger partial charge is 0.373 e. The van der Waals surface area contributed by atoms with Crippen LogP contribution in [0.3, 0.4) is 0 Å². The molecule has 1 amide bonds. The zero-order valence-corrected chi connectivity index (χ0v) is 19.9. The molecule has 3 aliphatic rings. The fourth-order valence-corrected chi connectivity index (χ4v) is 5.68. The normalized spacial score (nSPS) is 23.3. The van der Waals surface area contributed by atoms with Crippen LogP contribution in [0.5, 0.6) is 0 Å². The highest BCUT2D eigenvalue weighted by molar-refractivity contribution is 6.33. The smallest absolute Gasteiger partial charge is 0.251 e. The van der Waals surface area contributed by atoms with Crippen molar-refractivity contribution in [3.8, 4) is 22.5 Å². The van der Waals surface area contributed by atoms with Crippen LogP contribution in [-0.2, 0) is 11.8 Å². The van der Waals surface area contributed by atoms with Crippen molar-refractivity contribution in [2.75, 3.05) is 6.61 Å². The number of rotatable bonds is 4. The number of nitrogens with zero attached hydrogens (tertiary/aromatic N) is 4. The summed E-state index contributed by atoms with van der Waals surface area (Å²) >= 11 is 13.0. The Hall–Kier alpha value is -2.94. The summed E-state index contributed by atoms with van der Waals surface area (Å²) in [6, 6.07) is 7.96. The minimum atomic E-state index is -0.504. The van der Waals surface area contributed by atoms with Gasteiger partial charge in [0.25, 0.3) is 5.91 Å². The van der Waals surface area contributed by atoms with Gasteiger partial charge in [-0.3, -0.25) is 9.20 Å². The predicted octanol–water partition coefficient (Wildman–Crippen LogP) is 4.90. The summed E-state index contributed by atoms with van der Waals surface area (Å²) < 4.78 is 24.1. The van der Waals surface area contributed by atoms with E-state index in [-0.39, 0.29) is 33.5 Å². The topological polar surface area (TPSA) is 73.5 Å². The third kappa shape index (κ3) is 3.16. The second-order valence-corrected chi connectivity index (χ2v) is 10.1. The molecule has 2 saturated heterocycles. The van der Waals surface area contributed by atoms with E-state index in [1.807, 2.05) is 0 Å². The first kappa shape index (κ1) is 21.6. The number of aryl methyl sites for hydroxylation is 1. The van der Waals surface area contributed by atoms with E-state index >= 15 is 4.39 Å². The maximum absolute atomic E-state index is 15.1. The lowest BCUT2D eigenvalue weighted by Crippen LogP contribution is -2.58. The van der Waals surface area contributed by atoms with Gasteiger partial charge in [0.1, 0.15) is 33.2 Å². The van der Waals surface area contributed by atoms with Crippen LogP contribution in [-0.4, -0.2) is 42.6 Å². The minimum absolute atomic E-state index is 0.128. The third-order valence-corrected chi connectivity index (χ3v) is 7.51. The standard InChI is InChI=1S/C24H20Cl2FN5O2/c1-23-9-24(10-23,11-34-23)30-22(33)13-6-7-32-16(8-13)29-19(21(32)26)17-14(4-3-5-15(17)27)18-20(25)31(2)12-28-18/h3-8,12H,9-11H2,1-2H3,(H,30,33). The van der Waals surface area contributed by atoms with E-state index in [0.29, 0.717) is 34.2 Å². The van der Waals surface area contributed by atoms with Crippen molar-refractivity contribution in [3.05, 3.63) is 64.5 Å². The van der Waals surface area contributed by atoms with E-state index < -0.39 is 5.82 Å². The molecule has 5 heterocycles. The highest BCUT2D eigenvalue weighted by Gasteiger charge is 2.60. The number of benzene rings is 1. The van der Waals surface area contributed by atoms with Gasteiger partial charge >= 0.3 is 0 Å². The van der Waals surface area contributed by atoms with E-state index in [9.17, 15) is 4.79 Å². The summed E-state index contributed by atoms with van der Waals surface area (Å²) in [5, 5.41) is 3.70. The summed E-state index contributed by atoms with van der Waals surface area (Å²) in [6.45, 7) is 2.57. The maximum Gasteiger partial charge on any atom is 0.251 e. The molecule has 10 heteroatoms. The van der Waals surface area contributed by atoms with Crippen LogP contribution in [0.1, 0.15) is 30.1 Å². The molecule has 3 fully saturated rings. The van der Waals surface area contributed by atoms with E-state index in [0.717, 1.165) is 12.8 Å². The minimum Gasteiger partial charge on any atom is -0.373 e. The van der Waals surface area contributed by atoms with Gasteiger partial charge in [-0.15, -0.1) is 0 Å². The predicted molar refractivity (Wildman–Crippen MR) is 127 cm³/mol. The van der Waals surface area contributed by atoms with Crippen molar-refractivity contribution in [3.63, 3.8) is 0 Å². The number of hydrogen-bond donors (Lipinski definition) is 1. The molecule has 7 nitrogen and oxygen atoms in total. The Balaban J connectivity index is 1.40. The molecule has 1 saturated carbocycles. The number of carbonyl (C=O) groups excluding carboxylic acids is 1. The van der Waals surface area contributed by atoms with Gasteiger partial charge < -0.3 is 14.6 Å². The quantitative estimate of drug-likeness (QED) is 0.433. The molecule has 1 N–H and O–H groups in total. The number of nitrogens with one attached hydrogen (secondary N) is 1. The van der Waals surface area contributed by atoms with Crippen molar-refractivity contribution < 1.29 is 13.9 Å². The molecule has 3 aromatic heterocycles. The average Bonchev–Trinajstić information content (AvgIpc) is 3.49. The van der Waals surface area contributed by atoms with Crippen LogP contribution >= 0.6 is 23.2 Å². The lowest BCUT2D eigenvalue weighted by Gasteiger charge is -2.42. The van der Waals surface area contributed by atoms with E-state index in [4.69, 9.17) is 27.9 Å². The molecule has 0 unspecified atom stereocenters. The van der Waals surface area contributed by atoms with E-state index in [1.54, 1.807) is 52.8 Å². The van der Waals surface area contributed by atoms with Gasteiger partial charge in [0.15, 0.2) is 0 Å². The maximum atomic E-state index is 15.1. The van der Waals surface area contributed by atoms with Gasteiger partial charge in [0, 0.05) is 42.8 Å². The second-order valence-electron chi connectivity index (χ2n) is 9.38. The number of ether oxygens (including phenoxy) is 1. The van der Waals surface area contributed by atoms with E-state index in [2.05, 4.69) is 22.2 Å². The molecule has 1 aliphatic carbocycles. The summed E-state index contributed by atoms with van der Waals surface area (Å²) in [6.07, 6.45) is 4.83. The zero-order valence-electron chi connectivity index (χ0n) is 18.4. The number of carbonyl (C=O) groups is 1. The van der Waals surface area contributed by atoms with Crippen LogP contribution in [0.25, 0.3) is 28.2 Å². The number of imidazole rings is 2. The van der Waals surface area contributed by atoms with Gasteiger partial charge in [-0.1, -0.05) is 35.3 Å². The van der Waals surface area contributed by atoms with Crippen molar-refractivity contribution in [1.29, 1.82) is 0 Å². The number of fused-ring (bicyclic) bond motifs is 2. The molecular formula is C24H20Cl2FN5O2. The summed E-state index contributed by atoms with van der Waals surface area (Å²) in [7, 11) is 1.75. The fourth-order valence-electron chi connectivity index (χ4n) is 5.21. The molecule has 0 spiro atoms. The monoisotopic (exact) mass is 499 g/mol.